The molecule has 0 saturated heterocycles. The molecule has 1 atom stereocenters. The Balaban J connectivity index is 2.82. The highest BCUT2D eigenvalue weighted by Crippen LogP contribution is 2.27. The van der Waals surface area contributed by atoms with Gasteiger partial charge in [-0.1, -0.05) is 11.6 Å². The molecule has 1 amide bonds. The van der Waals surface area contributed by atoms with Crippen LogP contribution in [0.4, 0.5) is 0 Å². The number of carbonyl (C=O) groups is 1. The molecular formula is C11H15ClN2O2. The molecule has 1 rings (SSSR count). The molecule has 1 aromatic rings. The number of benzene rings is 1. The smallest absolute Gasteiger partial charge is 0.257 e. The molecule has 0 aromatic heterocycles. The van der Waals surface area contributed by atoms with Crippen molar-refractivity contribution in [2.45, 2.75) is 13.0 Å². The molecule has 4 nitrogen and oxygen atoms in total. The molecule has 0 radical (unpaired) electrons. The number of hydrogen-bond acceptors (Lipinski definition) is 3. The zero-order valence-corrected chi connectivity index (χ0v) is 10.0. The topological polar surface area (TPSA) is 64.3 Å². The van der Waals surface area contributed by atoms with Crippen LogP contribution in [0.5, 0.6) is 5.75 Å². The largest absolute Gasteiger partial charge is 0.483 e. The summed E-state index contributed by atoms with van der Waals surface area (Å²) in [5.74, 6) is 0.397. The van der Waals surface area contributed by atoms with Gasteiger partial charge in [-0.2, -0.15) is 0 Å². The molecular weight excluding hydrogens is 228 g/mol. The molecule has 0 fully saturated rings. The van der Waals surface area contributed by atoms with E-state index >= 15 is 0 Å². The number of nitrogens with two attached hydrogens (primary N) is 1. The van der Waals surface area contributed by atoms with E-state index in [0.717, 1.165) is 5.56 Å². The lowest BCUT2D eigenvalue weighted by Crippen LogP contribution is -2.25. The van der Waals surface area contributed by atoms with E-state index in [1.165, 1.54) is 0 Å². The zero-order chi connectivity index (χ0) is 12.1. The van der Waals surface area contributed by atoms with Gasteiger partial charge < -0.3 is 15.8 Å². The van der Waals surface area contributed by atoms with Crippen LogP contribution in [0.25, 0.3) is 0 Å². The van der Waals surface area contributed by atoms with Gasteiger partial charge in [0, 0.05) is 23.7 Å². The highest BCUT2D eigenvalue weighted by molar-refractivity contribution is 6.30. The quantitative estimate of drug-likeness (QED) is 0.841. The van der Waals surface area contributed by atoms with Gasteiger partial charge in [-0.25, -0.2) is 0 Å². The standard InChI is InChI=1S/C11H15ClN2O2/c1-7(13)9-5-8(12)3-4-10(9)16-6-11(15)14-2/h3-5,7H,6,13H2,1-2H3,(H,14,15)/t7-/m1/s1. The molecule has 0 heterocycles. The molecule has 5 heteroatoms. The fourth-order valence-corrected chi connectivity index (χ4v) is 1.40. The Morgan fingerprint density at radius 2 is 2.31 bits per heavy atom. The van der Waals surface area contributed by atoms with Crippen molar-refractivity contribution in [3.05, 3.63) is 28.8 Å². The van der Waals surface area contributed by atoms with E-state index in [1.54, 1.807) is 25.2 Å². The Hall–Kier alpha value is -1.26. The van der Waals surface area contributed by atoms with Crippen LogP contribution in [0.1, 0.15) is 18.5 Å². The van der Waals surface area contributed by atoms with Gasteiger partial charge in [-0.05, 0) is 25.1 Å². The normalized spacial score (nSPS) is 12.0. The Bertz CT molecular complexity index is 380. The van der Waals surface area contributed by atoms with E-state index in [2.05, 4.69) is 5.32 Å². The fraction of sp³-hybridized carbons (Fsp3) is 0.364. The molecule has 0 aliphatic heterocycles. The monoisotopic (exact) mass is 242 g/mol. The summed E-state index contributed by atoms with van der Waals surface area (Å²) in [4.78, 5) is 11.0. The van der Waals surface area contributed by atoms with E-state index < -0.39 is 0 Å². The Kier molecular flexibility index (Phi) is 4.58. The summed E-state index contributed by atoms with van der Waals surface area (Å²) in [7, 11) is 1.56. The second-order valence-electron chi connectivity index (χ2n) is 3.43. The van der Waals surface area contributed by atoms with Crippen LogP contribution in [0.15, 0.2) is 18.2 Å². The molecule has 88 valence electrons. The van der Waals surface area contributed by atoms with Gasteiger partial charge in [0.2, 0.25) is 0 Å². The highest BCUT2D eigenvalue weighted by atomic mass is 35.5. The first kappa shape index (κ1) is 12.8. The van der Waals surface area contributed by atoms with Crippen molar-refractivity contribution < 1.29 is 9.53 Å². The van der Waals surface area contributed by atoms with Gasteiger partial charge in [0.05, 0.1) is 0 Å². The number of nitrogens with one attached hydrogen (secondary N) is 1. The van der Waals surface area contributed by atoms with E-state index in [0.29, 0.717) is 10.8 Å². The summed E-state index contributed by atoms with van der Waals surface area (Å²) in [6.07, 6.45) is 0. The lowest BCUT2D eigenvalue weighted by molar-refractivity contribution is -0.122. The Morgan fingerprint density at radius 3 is 2.88 bits per heavy atom. The average molecular weight is 243 g/mol. The number of amides is 1. The van der Waals surface area contributed by atoms with E-state index in [4.69, 9.17) is 22.1 Å². The fourth-order valence-electron chi connectivity index (χ4n) is 1.22. The molecule has 0 saturated carbocycles. The van der Waals surface area contributed by atoms with Crippen molar-refractivity contribution in [2.75, 3.05) is 13.7 Å². The molecule has 0 unspecified atom stereocenters. The molecule has 3 N–H and O–H groups in total. The lowest BCUT2D eigenvalue weighted by atomic mass is 10.1. The molecule has 0 aliphatic carbocycles. The minimum atomic E-state index is -0.196. The van der Waals surface area contributed by atoms with Crippen LogP contribution in [0.2, 0.25) is 5.02 Å². The van der Waals surface area contributed by atoms with Crippen molar-refractivity contribution in [3.63, 3.8) is 0 Å². The maximum absolute atomic E-state index is 11.0. The van der Waals surface area contributed by atoms with Gasteiger partial charge in [-0.15, -0.1) is 0 Å². The van der Waals surface area contributed by atoms with E-state index in [9.17, 15) is 4.79 Å². The highest BCUT2D eigenvalue weighted by Gasteiger charge is 2.10. The van der Waals surface area contributed by atoms with Crippen LogP contribution in [-0.2, 0) is 4.79 Å². The molecule has 16 heavy (non-hydrogen) atoms. The van der Waals surface area contributed by atoms with Crippen LogP contribution >= 0.6 is 11.6 Å². The molecule has 0 aliphatic rings. The van der Waals surface area contributed by atoms with Crippen molar-refractivity contribution in [3.8, 4) is 5.75 Å². The Morgan fingerprint density at radius 1 is 1.62 bits per heavy atom. The second kappa shape index (κ2) is 5.72. The number of likely N-dealkylation sites (N-methyl/N-ethyl adjacent to an activating group) is 1. The van der Waals surface area contributed by atoms with Crippen LogP contribution in [0.3, 0.4) is 0 Å². The van der Waals surface area contributed by atoms with Crippen molar-refractivity contribution >= 4 is 17.5 Å². The molecule has 0 bridgehead atoms. The van der Waals surface area contributed by atoms with Crippen molar-refractivity contribution in [1.29, 1.82) is 0 Å². The van der Waals surface area contributed by atoms with Crippen LogP contribution in [-0.4, -0.2) is 19.6 Å². The number of hydrogen-bond donors (Lipinski definition) is 2. The number of carbonyl (C=O) groups excluding carboxylic acids is 1. The first-order valence-corrected chi connectivity index (χ1v) is 5.30. The van der Waals surface area contributed by atoms with E-state index in [1.807, 2.05) is 6.92 Å². The molecule has 0 spiro atoms. The minimum absolute atomic E-state index is 0.0299. The maximum atomic E-state index is 11.0. The first-order chi connectivity index (χ1) is 7.54. The third-order valence-corrected chi connectivity index (χ3v) is 2.34. The SMILES string of the molecule is CNC(=O)COc1ccc(Cl)cc1[C@@H](C)N. The van der Waals surface area contributed by atoms with Crippen LogP contribution in [0, 0.1) is 0 Å². The van der Waals surface area contributed by atoms with E-state index in [-0.39, 0.29) is 18.6 Å². The molecule has 1 aromatic carbocycles. The average Bonchev–Trinajstić information content (AvgIpc) is 2.26. The summed E-state index contributed by atoms with van der Waals surface area (Å²) in [6.45, 7) is 1.80. The lowest BCUT2D eigenvalue weighted by Gasteiger charge is -2.13. The number of halogens is 1. The summed E-state index contributed by atoms with van der Waals surface area (Å²) < 4.78 is 5.36. The van der Waals surface area contributed by atoms with Gasteiger partial charge in [-0.3, -0.25) is 4.79 Å². The Labute approximate surface area is 99.7 Å². The summed E-state index contributed by atoms with van der Waals surface area (Å²) in [6, 6.07) is 4.96. The predicted octanol–water partition coefficient (Wildman–Crippen LogP) is 1.48. The number of ether oxygens (including phenoxy) is 1. The predicted molar refractivity (Wildman–Crippen MR) is 63.6 cm³/mol. The number of rotatable bonds is 4. The van der Waals surface area contributed by atoms with Gasteiger partial charge in [0.25, 0.3) is 5.91 Å². The first-order valence-electron chi connectivity index (χ1n) is 4.93. The third-order valence-electron chi connectivity index (χ3n) is 2.10. The third kappa shape index (κ3) is 3.40. The summed E-state index contributed by atoms with van der Waals surface area (Å²) in [5.41, 5.74) is 6.57. The summed E-state index contributed by atoms with van der Waals surface area (Å²) >= 11 is 5.86. The second-order valence-corrected chi connectivity index (χ2v) is 3.87. The van der Waals surface area contributed by atoms with Crippen molar-refractivity contribution in [2.24, 2.45) is 5.73 Å². The van der Waals surface area contributed by atoms with Gasteiger partial charge in [0.1, 0.15) is 5.75 Å². The zero-order valence-electron chi connectivity index (χ0n) is 9.29. The van der Waals surface area contributed by atoms with Gasteiger partial charge in [0.15, 0.2) is 6.61 Å². The van der Waals surface area contributed by atoms with Crippen molar-refractivity contribution in [1.82, 2.24) is 5.32 Å². The maximum Gasteiger partial charge on any atom is 0.257 e. The minimum Gasteiger partial charge on any atom is -0.483 e. The van der Waals surface area contributed by atoms with Crippen LogP contribution < -0.4 is 15.8 Å². The van der Waals surface area contributed by atoms with Gasteiger partial charge >= 0.3 is 0 Å². The summed E-state index contributed by atoms with van der Waals surface area (Å²) in [5, 5.41) is 3.07.